The lowest BCUT2D eigenvalue weighted by atomic mass is 9.95. The highest BCUT2D eigenvalue weighted by Gasteiger charge is 2.22. The average Bonchev–Trinajstić information content (AvgIpc) is 2.62. The van der Waals surface area contributed by atoms with E-state index in [-0.39, 0.29) is 29.0 Å². The summed E-state index contributed by atoms with van der Waals surface area (Å²) in [5, 5.41) is 14.3. The maximum Gasteiger partial charge on any atom is 0.321 e. The second kappa shape index (κ2) is 9.89. The molecule has 1 saturated carbocycles. The summed E-state index contributed by atoms with van der Waals surface area (Å²) in [5.41, 5.74) is -0.323. The van der Waals surface area contributed by atoms with Gasteiger partial charge in [0.15, 0.2) is 12.0 Å². The molecule has 7 nitrogen and oxygen atoms in total. The summed E-state index contributed by atoms with van der Waals surface area (Å²) < 4.78 is 5.65. The smallest absolute Gasteiger partial charge is 0.321 e. The molecule has 7 heteroatoms. The second-order valence-corrected chi connectivity index (χ2v) is 6.79. The summed E-state index contributed by atoms with van der Waals surface area (Å²) >= 11 is 0. The van der Waals surface area contributed by atoms with Gasteiger partial charge in [-0.3, -0.25) is 19.7 Å². The summed E-state index contributed by atoms with van der Waals surface area (Å²) in [4.78, 5) is 33.6. The minimum Gasteiger partial charge on any atom is -0.484 e. The normalized spacial score (nSPS) is 15.9. The molecule has 1 aliphatic carbocycles. The van der Waals surface area contributed by atoms with E-state index in [9.17, 15) is 19.7 Å². The Morgan fingerprint density at radius 3 is 2.77 bits per heavy atom. The van der Waals surface area contributed by atoms with E-state index < -0.39 is 4.92 Å². The van der Waals surface area contributed by atoms with Crippen LogP contribution in [0.3, 0.4) is 0 Å². The van der Waals surface area contributed by atoms with E-state index >= 15 is 0 Å². The maximum absolute atomic E-state index is 12.0. The van der Waals surface area contributed by atoms with Crippen LogP contribution < -0.4 is 10.1 Å². The molecule has 1 N–H and O–H groups in total. The molecule has 1 amide bonds. The highest BCUT2D eigenvalue weighted by molar-refractivity contribution is 5.83. The first-order valence-corrected chi connectivity index (χ1v) is 9.20. The van der Waals surface area contributed by atoms with E-state index in [1.54, 1.807) is 13.0 Å². The van der Waals surface area contributed by atoms with Gasteiger partial charge in [-0.1, -0.05) is 25.3 Å². The van der Waals surface area contributed by atoms with Gasteiger partial charge in [0.05, 0.1) is 16.6 Å². The van der Waals surface area contributed by atoms with Gasteiger partial charge in [0.1, 0.15) is 0 Å². The number of nitrogens with one attached hydrogen (secondary N) is 1. The van der Waals surface area contributed by atoms with Crippen molar-refractivity contribution < 1.29 is 19.2 Å². The molecule has 0 aliphatic heterocycles. The van der Waals surface area contributed by atoms with Crippen LogP contribution in [0.5, 0.6) is 5.75 Å². The van der Waals surface area contributed by atoms with Crippen LogP contribution in [0.4, 0.5) is 5.69 Å². The van der Waals surface area contributed by atoms with Crippen LogP contribution in [0.25, 0.3) is 0 Å². The van der Waals surface area contributed by atoms with Crippen molar-refractivity contribution in [2.24, 2.45) is 0 Å². The fourth-order valence-electron chi connectivity index (χ4n) is 3.30. The molecular weight excluding hydrogens is 336 g/mol. The number of nitro benzene ring substituents is 1. The van der Waals surface area contributed by atoms with E-state index in [1.165, 1.54) is 31.4 Å². The fourth-order valence-corrected chi connectivity index (χ4v) is 3.30. The lowest BCUT2D eigenvalue weighted by Crippen LogP contribution is -2.36. The number of nitrogens with zero attached hydrogens (tertiary/aromatic N) is 1. The summed E-state index contributed by atoms with van der Waals surface area (Å²) in [5.74, 6) is 0.136. The number of ether oxygens (including phenoxy) is 1. The Hall–Kier alpha value is -2.44. The number of hydrogen-bond acceptors (Lipinski definition) is 5. The number of para-hydroxylation sites is 1. The van der Waals surface area contributed by atoms with E-state index in [0.717, 1.165) is 12.8 Å². The first-order chi connectivity index (χ1) is 12.5. The van der Waals surface area contributed by atoms with Gasteiger partial charge in [0, 0.05) is 12.5 Å². The molecule has 1 unspecified atom stereocenters. The molecule has 0 saturated heterocycles. The molecule has 0 aromatic heterocycles. The standard InChI is InChI=1S/C19H26N2O5/c1-14(7-5-12-18(23)20-16-9-3-2-4-10-16)26-17-11-6-8-15(13-22)19(17)21(24)25/h6,8,11,13-14,16H,2-5,7,9-10,12H2,1H3,(H,20,23). The van der Waals surface area contributed by atoms with Crippen molar-refractivity contribution in [3.05, 3.63) is 33.9 Å². The van der Waals surface area contributed by atoms with E-state index in [0.29, 0.717) is 31.6 Å². The average molecular weight is 362 g/mol. The van der Waals surface area contributed by atoms with Gasteiger partial charge >= 0.3 is 5.69 Å². The summed E-state index contributed by atoms with van der Waals surface area (Å²) in [6.07, 6.45) is 7.52. The Bertz CT molecular complexity index is 641. The zero-order chi connectivity index (χ0) is 18.9. The van der Waals surface area contributed by atoms with Crippen molar-refractivity contribution in [3.8, 4) is 5.75 Å². The lowest BCUT2D eigenvalue weighted by molar-refractivity contribution is -0.386. The molecule has 0 radical (unpaired) electrons. The number of nitro groups is 1. The summed E-state index contributed by atoms with van der Waals surface area (Å²) in [6.45, 7) is 1.80. The topological polar surface area (TPSA) is 98.5 Å². The van der Waals surface area contributed by atoms with Gasteiger partial charge in [0.2, 0.25) is 5.91 Å². The zero-order valence-electron chi connectivity index (χ0n) is 15.1. The number of hydrogen-bond donors (Lipinski definition) is 1. The van der Waals surface area contributed by atoms with Crippen molar-refractivity contribution in [3.63, 3.8) is 0 Å². The Labute approximate surface area is 153 Å². The third kappa shape index (κ3) is 5.82. The Morgan fingerprint density at radius 1 is 1.38 bits per heavy atom. The summed E-state index contributed by atoms with van der Waals surface area (Å²) in [6, 6.07) is 4.73. The van der Waals surface area contributed by atoms with Gasteiger partial charge < -0.3 is 10.1 Å². The number of amides is 1. The van der Waals surface area contributed by atoms with E-state index in [1.807, 2.05) is 0 Å². The molecular formula is C19H26N2O5. The van der Waals surface area contributed by atoms with Crippen LogP contribution in [0, 0.1) is 10.1 Å². The first kappa shape index (κ1) is 19.9. The Morgan fingerprint density at radius 2 is 2.12 bits per heavy atom. The van der Waals surface area contributed by atoms with Crippen LogP contribution >= 0.6 is 0 Å². The van der Waals surface area contributed by atoms with Crippen LogP contribution in [-0.2, 0) is 4.79 Å². The van der Waals surface area contributed by atoms with Crippen molar-refractivity contribution >= 4 is 17.9 Å². The van der Waals surface area contributed by atoms with Gasteiger partial charge in [-0.15, -0.1) is 0 Å². The minimum absolute atomic E-state index is 0.00782. The summed E-state index contributed by atoms with van der Waals surface area (Å²) in [7, 11) is 0. The SMILES string of the molecule is CC(CCCC(=O)NC1CCCCC1)Oc1cccc(C=O)c1[N+](=O)[O-]. The van der Waals surface area contributed by atoms with Crippen molar-refractivity contribution in [1.29, 1.82) is 0 Å². The highest BCUT2D eigenvalue weighted by Crippen LogP contribution is 2.31. The van der Waals surface area contributed by atoms with Crippen molar-refractivity contribution in [1.82, 2.24) is 5.32 Å². The predicted octanol–water partition coefficient (Wildman–Crippen LogP) is 3.79. The number of rotatable bonds is 9. The predicted molar refractivity (Wildman–Crippen MR) is 97.4 cm³/mol. The van der Waals surface area contributed by atoms with E-state index in [4.69, 9.17) is 4.74 Å². The number of benzene rings is 1. The van der Waals surface area contributed by atoms with Gasteiger partial charge in [0.25, 0.3) is 0 Å². The molecule has 1 aliphatic rings. The molecule has 1 aromatic carbocycles. The molecule has 1 atom stereocenters. The molecule has 1 fully saturated rings. The molecule has 1 aromatic rings. The quantitative estimate of drug-likeness (QED) is 0.409. The number of carbonyl (C=O) groups excluding carboxylic acids is 2. The third-order valence-corrected chi connectivity index (χ3v) is 4.65. The van der Waals surface area contributed by atoms with Crippen molar-refractivity contribution in [2.45, 2.75) is 70.4 Å². The van der Waals surface area contributed by atoms with Gasteiger partial charge in [-0.05, 0) is 44.7 Å². The molecule has 26 heavy (non-hydrogen) atoms. The first-order valence-electron chi connectivity index (χ1n) is 9.20. The monoisotopic (exact) mass is 362 g/mol. The second-order valence-electron chi connectivity index (χ2n) is 6.79. The van der Waals surface area contributed by atoms with Crippen molar-refractivity contribution in [2.75, 3.05) is 0 Å². The third-order valence-electron chi connectivity index (χ3n) is 4.65. The van der Waals surface area contributed by atoms with Crippen LogP contribution in [0.2, 0.25) is 0 Å². The van der Waals surface area contributed by atoms with Crippen LogP contribution in [0.1, 0.15) is 68.6 Å². The molecule has 0 bridgehead atoms. The maximum atomic E-state index is 12.0. The van der Waals surface area contributed by atoms with Crippen LogP contribution in [0.15, 0.2) is 18.2 Å². The van der Waals surface area contributed by atoms with Crippen LogP contribution in [-0.4, -0.2) is 29.3 Å². The van der Waals surface area contributed by atoms with Gasteiger partial charge in [-0.2, -0.15) is 0 Å². The number of carbonyl (C=O) groups is 2. The fraction of sp³-hybridized carbons (Fsp3) is 0.579. The largest absolute Gasteiger partial charge is 0.484 e. The molecule has 0 heterocycles. The highest BCUT2D eigenvalue weighted by atomic mass is 16.6. The molecule has 2 rings (SSSR count). The van der Waals surface area contributed by atoms with E-state index in [2.05, 4.69) is 5.32 Å². The Balaban J connectivity index is 1.80. The minimum atomic E-state index is -0.608. The number of aldehydes is 1. The lowest BCUT2D eigenvalue weighted by Gasteiger charge is -2.22. The Kier molecular flexibility index (Phi) is 7.56. The zero-order valence-corrected chi connectivity index (χ0v) is 15.1. The molecule has 0 spiro atoms. The van der Waals surface area contributed by atoms with Gasteiger partial charge in [-0.25, -0.2) is 0 Å². The molecule has 142 valence electrons.